The van der Waals surface area contributed by atoms with Crippen LogP contribution in [0.1, 0.15) is 21.5 Å². The summed E-state index contributed by atoms with van der Waals surface area (Å²) in [6.45, 7) is 5.16. The fourth-order valence-electron chi connectivity index (χ4n) is 3.00. The maximum atomic E-state index is 12.6. The number of aryl methyl sites for hydroxylation is 3. The number of aromatic nitrogens is 1. The van der Waals surface area contributed by atoms with Crippen LogP contribution in [0.25, 0.3) is 10.2 Å². The molecule has 0 atom stereocenters. The van der Waals surface area contributed by atoms with E-state index in [9.17, 15) is 4.79 Å². The quantitative estimate of drug-likeness (QED) is 0.673. The van der Waals surface area contributed by atoms with Gasteiger partial charge in [0.15, 0.2) is 16.3 Å². The first kappa shape index (κ1) is 15.9. The minimum atomic E-state index is -0.283. The third-order valence-corrected chi connectivity index (χ3v) is 5.60. The van der Waals surface area contributed by atoms with Gasteiger partial charge in [-0.2, -0.15) is 4.99 Å². The van der Waals surface area contributed by atoms with Crippen LogP contribution >= 0.6 is 11.3 Å². The molecule has 25 heavy (non-hydrogen) atoms. The molecule has 1 amide bonds. The van der Waals surface area contributed by atoms with Crippen molar-refractivity contribution in [3.63, 3.8) is 0 Å². The van der Waals surface area contributed by atoms with E-state index in [1.165, 1.54) is 22.5 Å². The molecule has 2 heterocycles. The van der Waals surface area contributed by atoms with Crippen LogP contribution in [-0.4, -0.2) is 23.7 Å². The summed E-state index contributed by atoms with van der Waals surface area (Å²) >= 11 is 1.54. The molecule has 0 spiro atoms. The zero-order chi connectivity index (χ0) is 17.6. The molecular formula is C19H18N2O3S. The van der Waals surface area contributed by atoms with Crippen LogP contribution in [0.5, 0.6) is 11.5 Å². The molecular weight excluding hydrogens is 336 g/mol. The summed E-state index contributed by atoms with van der Waals surface area (Å²) in [5, 5.41) is 0. The number of amides is 1. The molecule has 1 aromatic heterocycles. The van der Waals surface area contributed by atoms with Crippen molar-refractivity contribution in [3.05, 3.63) is 51.8 Å². The SMILES string of the molecule is Cc1ccc(C)c2c1sc(=NC(=O)c1ccc3c(c1)OCCO3)n2C. The van der Waals surface area contributed by atoms with Gasteiger partial charge in [-0.3, -0.25) is 4.79 Å². The Bertz CT molecular complexity index is 1060. The maximum absolute atomic E-state index is 12.6. The highest BCUT2D eigenvalue weighted by Gasteiger charge is 2.15. The topological polar surface area (TPSA) is 52.8 Å². The van der Waals surface area contributed by atoms with Gasteiger partial charge < -0.3 is 14.0 Å². The summed E-state index contributed by atoms with van der Waals surface area (Å²) in [5.74, 6) is 0.982. The van der Waals surface area contributed by atoms with Crippen molar-refractivity contribution in [2.24, 2.45) is 12.0 Å². The van der Waals surface area contributed by atoms with Crippen LogP contribution < -0.4 is 14.3 Å². The third-order valence-electron chi connectivity index (χ3n) is 4.33. The predicted molar refractivity (Wildman–Crippen MR) is 97.6 cm³/mol. The van der Waals surface area contributed by atoms with Crippen molar-refractivity contribution >= 4 is 27.5 Å². The number of thiazole rings is 1. The Morgan fingerprint density at radius 3 is 2.56 bits per heavy atom. The van der Waals surface area contributed by atoms with Gasteiger partial charge in [0.25, 0.3) is 5.91 Å². The molecule has 0 fully saturated rings. The van der Waals surface area contributed by atoms with Gasteiger partial charge in [0, 0.05) is 12.6 Å². The number of carbonyl (C=O) groups excluding carboxylic acids is 1. The van der Waals surface area contributed by atoms with E-state index in [4.69, 9.17) is 9.47 Å². The molecule has 128 valence electrons. The summed E-state index contributed by atoms with van der Waals surface area (Å²) in [6.07, 6.45) is 0. The lowest BCUT2D eigenvalue weighted by Crippen LogP contribution is -2.16. The fraction of sp³-hybridized carbons (Fsp3) is 0.263. The molecule has 0 bridgehead atoms. The van der Waals surface area contributed by atoms with Gasteiger partial charge in [0.1, 0.15) is 13.2 Å². The Balaban J connectivity index is 1.80. The average Bonchev–Trinajstić information content (AvgIpc) is 2.95. The van der Waals surface area contributed by atoms with Gasteiger partial charge in [-0.25, -0.2) is 0 Å². The van der Waals surface area contributed by atoms with Gasteiger partial charge in [-0.15, -0.1) is 0 Å². The Morgan fingerprint density at radius 1 is 1.08 bits per heavy atom. The van der Waals surface area contributed by atoms with Crippen LogP contribution in [0, 0.1) is 13.8 Å². The maximum Gasteiger partial charge on any atom is 0.279 e. The van der Waals surface area contributed by atoms with Crippen LogP contribution in [0.15, 0.2) is 35.3 Å². The van der Waals surface area contributed by atoms with Gasteiger partial charge in [0.2, 0.25) is 0 Å². The molecule has 1 aliphatic heterocycles. The van der Waals surface area contributed by atoms with Gasteiger partial charge in [-0.05, 0) is 43.2 Å². The molecule has 6 heteroatoms. The molecule has 5 nitrogen and oxygen atoms in total. The predicted octanol–water partition coefficient (Wildman–Crippen LogP) is 3.37. The molecule has 4 rings (SSSR count). The number of benzene rings is 2. The molecule has 2 aromatic carbocycles. The van der Waals surface area contributed by atoms with Crippen molar-refractivity contribution in [2.45, 2.75) is 13.8 Å². The summed E-state index contributed by atoms with van der Waals surface area (Å²) in [7, 11) is 1.95. The summed E-state index contributed by atoms with van der Waals surface area (Å²) in [4.78, 5) is 17.7. The van der Waals surface area contributed by atoms with Crippen LogP contribution in [-0.2, 0) is 7.05 Å². The third kappa shape index (κ3) is 2.72. The first-order valence-corrected chi connectivity index (χ1v) is 8.90. The summed E-state index contributed by atoms with van der Waals surface area (Å²) in [5.41, 5.74) is 3.98. The Morgan fingerprint density at radius 2 is 1.80 bits per heavy atom. The molecule has 0 N–H and O–H groups in total. The zero-order valence-corrected chi connectivity index (χ0v) is 15.1. The second-order valence-electron chi connectivity index (χ2n) is 6.10. The largest absolute Gasteiger partial charge is 0.486 e. The fourth-order valence-corrected chi connectivity index (χ4v) is 4.16. The van der Waals surface area contributed by atoms with E-state index in [0.29, 0.717) is 35.1 Å². The van der Waals surface area contributed by atoms with E-state index in [0.717, 1.165) is 10.2 Å². The molecule has 0 radical (unpaired) electrons. The van der Waals surface area contributed by atoms with Crippen molar-refractivity contribution in [2.75, 3.05) is 13.2 Å². The Hall–Kier alpha value is -2.60. The zero-order valence-electron chi connectivity index (χ0n) is 14.3. The highest BCUT2D eigenvalue weighted by molar-refractivity contribution is 7.16. The number of hydrogen-bond donors (Lipinski definition) is 0. The van der Waals surface area contributed by atoms with Crippen molar-refractivity contribution < 1.29 is 14.3 Å². The first-order valence-electron chi connectivity index (χ1n) is 8.09. The average molecular weight is 354 g/mol. The number of carbonyl (C=O) groups is 1. The van der Waals surface area contributed by atoms with E-state index in [1.807, 2.05) is 11.6 Å². The second kappa shape index (κ2) is 6.04. The lowest BCUT2D eigenvalue weighted by molar-refractivity contribution is 0.0996. The molecule has 0 saturated carbocycles. The van der Waals surface area contributed by atoms with Crippen LogP contribution in [0.4, 0.5) is 0 Å². The van der Waals surface area contributed by atoms with E-state index in [1.54, 1.807) is 18.2 Å². The lowest BCUT2D eigenvalue weighted by Gasteiger charge is -2.18. The number of rotatable bonds is 1. The number of ether oxygens (including phenoxy) is 2. The van der Waals surface area contributed by atoms with Gasteiger partial charge >= 0.3 is 0 Å². The smallest absolute Gasteiger partial charge is 0.279 e. The lowest BCUT2D eigenvalue weighted by atomic mass is 10.1. The minimum Gasteiger partial charge on any atom is -0.486 e. The highest BCUT2D eigenvalue weighted by Crippen LogP contribution is 2.31. The number of nitrogens with zero attached hydrogens (tertiary/aromatic N) is 2. The number of hydrogen-bond acceptors (Lipinski definition) is 4. The van der Waals surface area contributed by atoms with E-state index in [2.05, 4.69) is 31.0 Å². The minimum absolute atomic E-state index is 0.283. The van der Waals surface area contributed by atoms with Crippen LogP contribution in [0.3, 0.4) is 0 Å². The monoisotopic (exact) mass is 354 g/mol. The van der Waals surface area contributed by atoms with Crippen LogP contribution in [0.2, 0.25) is 0 Å². The normalized spacial score (nSPS) is 14.1. The van der Waals surface area contributed by atoms with E-state index in [-0.39, 0.29) is 5.91 Å². The van der Waals surface area contributed by atoms with E-state index >= 15 is 0 Å². The molecule has 0 aliphatic carbocycles. The molecule has 1 aliphatic rings. The molecule has 0 saturated heterocycles. The second-order valence-corrected chi connectivity index (χ2v) is 7.07. The summed E-state index contributed by atoms with van der Waals surface area (Å²) in [6, 6.07) is 9.38. The van der Waals surface area contributed by atoms with E-state index < -0.39 is 0 Å². The van der Waals surface area contributed by atoms with Crippen molar-refractivity contribution in [1.82, 2.24) is 4.57 Å². The van der Waals surface area contributed by atoms with Gasteiger partial charge in [-0.1, -0.05) is 23.5 Å². The standard InChI is InChI=1S/C19H18N2O3S/c1-11-4-5-12(2)17-16(11)21(3)19(25-17)20-18(22)13-6-7-14-15(10-13)24-9-8-23-14/h4-7,10H,8-9H2,1-3H3. The van der Waals surface area contributed by atoms with Crippen molar-refractivity contribution in [1.29, 1.82) is 0 Å². The molecule has 0 unspecified atom stereocenters. The van der Waals surface area contributed by atoms with Crippen molar-refractivity contribution in [3.8, 4) is 11.5 Å². The summed E-state index contributed by atoms with van der Waals surface area (Å²) < 4.78 is 14.2. The first-order chi connectivity index (χ1) is 12.0. The number of fused-ring (bicyclic) bond motifs is 2. The molecule has 3 aromatic rings. The highest BCUT2D eigenvalue weighted by atomic mass is 32.1. The Labute approximate surface area is 149 Å². The van der Waals surface area contributed by atoms with Gasteiger partial charge in [0.05, 0.1) is 10.2 Å². The Kier molecular flexibility index (Phi) is 3.84.